The molecule has 0 unspecified atom stereocenters. The average Bonchev–Trinajstić information content (AvgIpc) is 3.04. The van der Waals surface area contributed by atoms with Gasteiger partial charge >= 0.3 is 0 Å². The predicted octanol–water partition coefficient (Wildman–Crippen LogP) is 3.44. The molecule has 0 bridgehead atoms. The monoisotopic (exact) mass is 431 g/mol. The van der Waals surface area contributed by atoms with Crippen LogP contribution in [0.4, 0.5) is 5.82 Å². The fourth-order valence-corrected chi connectivity index (χ4v) is 4.51. The molecular formula is C25H29N5O2. The highest BCUT2D eigenvalue weighted by molar-refractivity contribution is 5.94. The van der Waals surface area contributed by atoms with E-state index in [9.17, 15) is 4.79 Å². The molecule has 2 aliphatic heterocycles. The SMILES string of the molecule is O=C(NCc1ccnc(N2CCOCC2)c1)c1nc(-c2ccccc2)n2c1CCCCC2. The van der Waals surface area contributed by atoms with Gasteiger partial charge in [-0.05, 0) is 37.0 Å². The molecule has 0 atom stereocenters. The van der Waals surface area contributed by atoms with E-state index >= 15 is 0 Å². The van der Waals surface area contributed by atoms with E-state index in [2.05, 4.69) is 38.0 Å². The lowest BCUT2D eigenvalue weighted by Crippen LogP contribution is -2.36. The largest absolute Gasteiger partial charge is 0.378 e. The minimum absolute atomic E-state index is 0.109. The fourth-order valence-electron chi connectivity index (χ4n) is 4.51. The molecule has 4 heterocycles. The summed E-state index contributed by atoms with van der Waals surface area (Å²) in [5, 5.41) is 3.09. The number of imidazole rings is 1. The molecule has 0 saturated carbocycles. The van der Waals surface area contributed by atoms with Crippen molar-refractivity contribution < 1.29 is 9.53 Å². The molecule has 1 fully saturated rings. The van der Waals surface area contributed by atoms with Crippen molar-refractivity contribution in [2.24, 2.45) is 0 Å². The summed E-state index contributed by atoms with van der Waals surface area (Å²) < 4.78 is 7.68. The first-order chi connectivity index (χ1) is 15.8. The minimum atomic E-state index is -0.109. The molecule has 2 aromatic heterocycles. The third-order valence-electron chi connectivity index (χ3n) is 6.21. The van der Waals surface area contributed by atoms with Crippen LogP contribution in [0.25, 0.3) is 11.4 Å². The molecule has 1 N–H and O–H groups in total. The van der Waals surface area contributed by atoms with E-state index in [0.29, 0.717) is 12.2 Å². The summed E-state index contributed by atoms with van der Waals surface area (Å²) in [5.74, 6) is 1.72. The Morgan fingerprint density at radius 2 is 1.88 bits per heavy atom. The summed E-state index contributed by atoms with van der Waals surface area (Å²) in [6, 6.07) is 14.2. The molecule has 7 nitrogen and oxygen atoms in total. The van der Waals surface area contributed by atoms with E-state index in [1.54, 1.807) is 0 Å². The van der Waals surface area contributed by atoms with Gasteiger partial charge in [-0.1, -0.05) is 36.8 Å². The smallest absolute Gasteiger partial charge is 0.272 e. The van der Waals surface area contributed by atoms with Gasteiger partial charge in [0.05, 0.1) is 18.9 Å². The number of amides is 1. The van der Waals surface area contributed by atoms with Crippen LogP contribution in [0.15, 0.2) is 48.7 Å². The Hall–Kier alpha value is -3.19. The van der Waals surface area contributed by atoms with E-state index in [0.717, 1.165) is 80.6 Å². The van der Waals surface area contributed by atoms with E-state index in [4.69, 9.17) is 9.72 Å². The number of morpholine rings is 1. The quantitative estimate of drug-likeness (QED) is 0.670. The van der Waals surface area contributed by atoms with Gasteiger partial charge in [0.25, 0.3) is 5.91 Å². The molecule has 3 aromatic rings. The zero-order chi connectivity index (χ0) is 21.8. The highest BCUT2D eigenvalue weighted by Crippen LogP contribution is 2.27. The highest BCUT2D eigenvalue weighted by atomic mass is 16.5. The number of anilines is 1. The lowest BCUT2D eigenvalue weighted by Gasteiger charge is -2.28. The first kappa shape index (κ1) is 20.7. The Balaban J connectivity index is 1.35. The lowest BCUT2D eigenvalue weighted by molar-refractivity contribution is 0.0945. The van der Waals surface area contributed by atoms with Gasteiger partial charge in [-0.3, -0.25) is 4.79 Å². The molecule has 0 aliphatic carbocycles. The van der Waals surface area contributed by atoms with Crippen LogP contribution in [0.5, 0.6) is 0 Å². The molecule has 2 aliphatic rings. The highest BCUT2D eigenvalue weighted by Gasteiger charge is 2.24. The molecule has 1 saturated heterocycles. The van der Waals surface area contributed by atoms with Crippen molar-refractivity contribution in [2.45, 2.75) is 38.8 Å². The minimum Gasteiger partial charge on any atom is -0.378 e. The Labute approximate surface area is 188 Å². The number of fused-ring (bicyclic) bond motifs is 1. The first-order valence-corrected chi connectivity index (χ1v) is 11.5. The zero-order valence-electron chi connectivity index (χ0n) is 18.3. The van der Waals surface area contributed by atoms with E-state index in [1.807, 2.05) is 30.5 Å². The predicted molar refractivity (Wildman–Crippen MR) is 124 cm³/mol. The van der Waals surface area contributed by atoms with Crippen LogP contribution in [0.3, 0.4) is 0 Å². The average molecular weight is 432 g/mol. The van der Waals surface area contributed by atoms with E-state index in [1.165, 1.54) is 6.42 Å². The van der Waals surface area contributed by atoms with Crippen molar-refractivity contribution in [2.75, 3.05) is 31.2 Å². The normalized spacial score (nSPS) is 16.3. The number of aromatic nitrogens is 3. The summed E-state index contributed by atoms with van der Waals surface area (Å²) in [6.07, 6.45) is 6.08. The summed E-state index contributed by atoms with van der Waals surface area (Å²) >= 11 is 0. The first-order valence-electron chi connectivity index (χ1n) is 11.5. The maximum Gasteiger partial charge on any atom is 0.272 e. The van der Waals surface area contributed by atoms with Gasteiger partial charge in [0.15, 0.2) is 0 Å². The maximum absolute atomic E-state index is 13.2. The van der Waals surface area contributed by atoms with Crippen molar-refractivity contribution >= 4 is 11.7 Å². The molecular weight excluding hydrogens is 402 g/mol. The number of rotatable bonds is 5. The molecule has 0 radical (unpaired) electrons. The van der Waals surface area contributed by atoms with Gasteiger partial charge < -0.3 is 19.5 Å². The standard InChI is InChI=1S/C25H29N5O2/c31-25(27-18-19-10-11-26-22(17-19)29-13-15-32-16-14-29)23-21-9-5-2-6-12-30(21)24(28-23)20-7-3-1-4-8-20/h1,3-4,7-8,10-11,17H,2,5-6,9,12-16,18H2,(H,27,31). The van der Waals surface area contributed by atoms with E-state index in [-0.39, 0.29) is 5.91 Å². The molecule has 166 valence electrons. The topological polar surface area (TPSA) is 72.3 Å². The van der Waals surface area contributed by atoms with Crippen LogP contribution in [0.2, 0.25) is 0 Å². The second-order valence-electron chi connectivity index (χ2n) is 8.36. The third-order valence-corrected chi connectivity index (χ3v) is 6.21. The van der Waals surface area contributed by atoms with Gasteiger partial charge in [-0.25, -0.2) is 9.97 Å². The Bertz CT molecular complexity index is 1070. The van der Waals surface area contributed by atoms with Gasteiger partial charge in [0.2, 0.25) is 0 Å². The van der Waals surface area contributed by atoms with Gasteiger partial charge in [0, 0.05) is 37.9 Å². The number of ether oxygens (including phenoxy) is 1. The summed E-state index contributed by atoms with van der Waals surface area (Å²) in [7, 11) is 0. The number of nitrogens with zero attached hydrogens (tertiary/aromatic N) is 4. The second-order valence-corrected chi connectivity index (χ2v) is 8.36. The molecule has 5 rings (SSSR count). The van der Waals surface area contributed by atoms with Crippen LogP contribution < -0.4 is 10.2 Å². The number of nitrogens with one attached hydrogen (secondary N) is 1. The van der Waals surface area contributed by atoms with Crippen LogP contribution in [-0.4, -0.2) is 46.7 Å². The Morgan fingerprint density at radius 1 is 1.03 bits per heavy atom. The van der Waals surface area contributed by atoms with Crippen molar-refractivity contribution in [3.05, 3.63) is 65.6 Å². The number of hydrogen-bond acceptors (Lipinski definition) is 5. The summed E-state index contributed by atoms with van der Waals surface area (Å²) in [4.78, 5) is 24.7. The number of benzene rings is 1. The fraction of sp³-hybridized carbons (Fsp3) is 0.400. The molecule has 1 aromatic carbocycles. The van der Waals surface area contributed by atoms with Gasteiger partial charge in [0.1, 0.15) is 17.3 Å². The van der Waals surface area contributed by atoms with Crippen molar-refractivity contribution in [1.82, 2.24) is 19.9 Å². The van der Waals surface area contributed by atoms with E-state index < -0.39 is 0 Å². The number of hydrogen-bond donors (Lipinski definition) is 1. The maximum atomic E-state index is 13.2. The zero-order valence-corrected chi connectivity index (χ0v) is 18.3. The number of carbonyl (C=O) groups is 1. The van der Waals surface area contributed by atoms with Gasteiger partial charge in [-0.2, -0.15) is 0 Å². The Kier molecular flexibility index (Phi) is 6.16. The van der Waals surface area contributed by atoms with Crippen LogP contribution in [-0.2, 0) is 24.2 Å². The Morgan fingerprint density at radius 3 is 2.72 bits per heavy atom. The van der Waals surface area contributed by atoms with Crippen LogP contribution >= 0.6 is 0 Å². The summed E-state index contributed by atoms with van der Waals surface area (Å²) in [5.41, 5.74) is 3.71. The van der Waals surface area contributed by atoms with Crippen LogP contribution in [0.1, 0.15) is 41.0 Å². The molecule has 32 heavy (non-hydrogen) atoms. The molecule has 7 heteroatoms. The third kappa shape index (κ3) is 4.39. The lowest BCUT2D eigenvalue weighted by atomic mass is 10.1. The van der Waals surface area contributed by atoms with Gasteiger partial charge in [-0.15, -0.1) is 0 Å². The van der Waals surface area contributed by atoms with Crippen molar-refractivity contribution in [3.8, 4) is 11.4 Å². The molecule has 0 spiro atoms. The second kappa shape index (κ2) is 9.53. The number of carbonyl (C=O) groups excluding carboxylic acids is 1. The number of pyridine rings is 1. The molecule has 1 amide bonds. The summed E-state index contributed by atoms with van der Waals surface area (Å²) in [6.45, 7) is 4.48. The van der Waals surface area contributed by atoms with Crippen molar-refractivity contribution in [3.63, 3.8) is 0 Å². The van der Waals surface area contributed by atoms with Crippen LogP contribution in [0, 0.1) is 0 Å². The van der Waals surface area contributed by atoms with Crippen molar-refractivity contribution in [1.29, 1.82) is 0 Å².